The molecule has 0 nitrogen and oxygen atoms in total. The van der Waals surface area contributed by atoms with Gasteiger partial charge in [0.25, 0.3) is 0 Å². The highest BCUT2D eigenvalue weighted by molar-refractivity contribution is 5.90. The van der Waals surface area contributed by atoms with Crippen LogP contribution in [0.2, 0.25) is 0 Å². The minimum atomic E-state index is -0.350. The molecule has 0 atom stereocenters. The van der Waals surface area contributed by atoms with Crippen molar-refractivity contribution >= 4 is 0 Å². The molecule has 0 heterocycles. The molecule has 0 bridgehead atoms. The summed E-state index contributed by atoms with van der Waals surface area (Å²) < 4.78 is 0. The van der Waals surface area contributed by atoms with Crippen molar-refractivity contribution in [2.24, 2.45) is 0 Å². The minimum Gasteiger partial charge on any atom is -0.0991 e. The van der Waals surface area contributed by atoms with E-state index in [2.05, 4.69) is 106 Å². The second kappa shape index (κ2) is 7.56. The van der Waals surface area contributed by atoms with Crippen LogP contribution < -0.4 is 0 Å². The van der Waals surface area contributed by atoms with Crippen molar-refractivity contribution < 1.29 is 0 Å². The molecule has 0 unspecified atom stereocenters. The van der Waals surface area contributed by atoms with Gasteiger partial charge in [-0.2, -0.15) is 0 Å². The van der Waals surface area contributed by atoms with Crippen molar-refractivity contribution in [3.8, 4) is 11.1 Å². The van der Waals surface area contributed by atoms with Gasteiger partial charge in [-0.3, -0.25) is 0 Å². The Hall–Kier alpha value is -3.38. The molecular formula is C29H26. The van der Waals surface area contributed by atoms with Gasteiger partial charge in [0.05, 0.1) is 5.41 Å². The average Bonchev–Trinajstić information content (AvgIpc) is 3.19. The fraction of sp³-hybridized carbons (Fsp3) is 0.103. The predicted molar refractivity (Wildman–Crippen MR) is 126 cm³/mol. The van der Waals surface area contributed by atoms with Crippen LogP contribution in [0.4, 0.5) is 0 Å². The maximum Gasteiger partial charge on any atom is 0.0725 e. The third-order valence-corrected chi connectivity index (χ3v) is 5.90. The van der Waals surface area contributed by atoms with Crippen molar-refractivity contribution in [3.63, 3.8) is 0 Å². The van der Waals surface area contributed by atoms with E-state index in [9.17, 15) is 0 Å². The highest BCUT2D eigenvalue weighted by Gasteiger charge is 2.51. The SMILES string of the molecule is C=C/C=C\C1=C(C=C)C(/C=C\C)=C(/C=C\C)C12c1ccccc1-c1ccccc12. The molecule has 2 aromatic rings. The number of hydrogen-bond donors (Lipinski definition) is 0. The van der Waals surface area contributed by atoms with Crippen molar-refractivity contribution in [3.05, 3.63) is 144 Å². The maximum atomic E-state index is 4.18. The Kier molecular flexibility index (Phi) is 4.94. The molecule has 0 aromatic heterocycles. The Morgan fingerprint density at radius 2 is 1.24 bits per heavy atom. The number of fused-ring (bicyclic) bond motifs is 5. The fourth-order valence-electron chi connectivity index (χ4n) is 4.98. The fourth-order valence-corrected chi connectivity index (χ4v) is 4.98. The molecule has 0 N–H and O–H groups in total. The van der Waals surface area contributed by atoms with Gasteiger partial charge in [0.2, 0.25) is 0 Å². The van der Waals surface area contributed by atoms with Crippen LogP contribution in [0, 0.1) is 0 Å². The van der Waals surface area contributed by atoms with Crippen LogP contribution in [-0.2, 0) is 5.41 Å². The molecule has 0 saturated heterocycles. The Morgan fingerprint density at radius 3 is 1.76 bits per heavy atom. The van der Waals surface area contributed by atoms with Gasteiger partial charge < -0.3 is 0 Å². The molecule has 0 fully saturated rings. The third kappa shape index (κ3) is 2.53. The first-order chi connectivity index (χ1) is 14.2. The quantitative estimate of drug-likeness (QED) is 0.472. The summed E-state index contributed by atoms with van der Waals surface area (Å²) in [6, 6.07) is 17.6. The van der Waals surface area contributed by atoms with Crippen LogP contribution in [0.3, 0.4) is 0 Å². The zero-order valence-electron chi connectivity index (χ0n) is 17.2. The van der Waals surface area contributed by atoms with Gasteiger partial charge in [0.15, 0.2) is 0 Å². The third-order valence-electron chi connectivity index (χ3n) is 5.90. The van der Waals surface area contributed by atoms with Crippen molar-refractivity contribution in [1.82, 2.24) is 0 Å². The van der Waals surface area contributed by atoms with Crippen LogP contribution in [0.1, 0.15) is 25.0 Å². The van der Waals surface area contributed by atoms with Gasteiger partial charge in [-0.25, -0.2) is 0 Å². The molecule has 0 saturated carbocycles. The molecule has 0 radical (unpaired) electrons. The molecule has 2 aliphatic rings. The van der Waals surface area contributed by atoms with E-state index in [4.69, 9.17) is 0 Å². The van der Waals surface area contributed by atoms with Crippen molar-refractivity contribution in [2.75, 3.05) is 0 Å². The van der Waals surface area contributed by atoms with Gasteiger partial charge in [-0.15, -0.1) is 0 Å². The van der Waals surface area contributed by atoms with E-state index in [0.717, 1.165) is 0 Å². The molecule has 0 heteroatoms. The largest absolute Gasteiger partial charge is 0.0991 e. The van der Waals surface area contributed by atoms with Gasteiger partial charge in [0.1, 0.15) is 0 Å². The van der Waals surface area contributed by atoms with Crippen LogP contribution in [0.5, 0.6) is 0 Å². The van der Waals surface area contributed by atoms with E-state index in [0.29, 0.717) is 0 Å². The molecule has 2 aromatic carbocycles. The lowest BCUT2D eigenvalue weighted by Gasteiger charge is -2.32. The minimum absolute atomic E-state index is 0.350. The topological polar surface area (TPSA) is 0 Å². The summed E-state index contributed by atoms with van der Waals surface area (Å²) in [6.45, 7) is 12.3. The van der Waals surface area contributed by atoms with Gasteiger partial charge >= 0.3 is 0 Å². The van der Waals surface area contributed by atoms with E-state index < -0.39 is 0 Å². The lowest BCUT2D eigenvalue weighted by molar-refractivity contribution is 0.779. The number of hydrogen-bond acceptors (Lipinski definition) is 0. The second-order valence-corrected chi connectivity index (χ2v) is 7.29. The number of allylic oxidation sites excluding steroid dienone is 12. The molecular weight excluding hydrogens is 348 g/mol. The van der Waals surface area contributed by atoms with E-state index in [1.807, 2.05) is 18.2 Å². The number of rotatable bonds is 5. The highest BCUT2D eigenvalue weighted by Crippen LogP contribution is 2.62. The maximum absolute atomic E-state index is 4.18. The highest BCUT2D eigenvalue weighted by atomic mass is 14.5. The zero-order chi connectivity index (χ0) is 20.4. The van der Waals surface area contributed by atoms with Crippen molar-refractivity contribution in [1.29, 1.82) is 0 Å². The Balaban J connectivity index is 2.25. The van der Waals surface area contributed by atoms with E-state index in [1.165, 1.54) is 44.5 Å². The summed E-state index contributed by atoms with van der Waals surface area (Å²) >= 11 is 0. The molecule has 2 aliphatic carbocycles. The molecule has 0 aliphatic heterocycles. The molecule has 1 spiro atoms. The van der Waals surface area contributed by atoms with E-state index in [-0.39, 0.29) is 5.41 Å². The lowest BCUT2D eigenvalue weighted by atomic mass is 9.68. The lowest BCUT2D eigenvalue weighted by Crippen LogP contribution is -2.27. The summed E-state index contributed by atoms with van der Waals surface area (Å²) in [6.07, 6.45) is 16.8. The van der Waals surface area contributed by atoms with Gasteiger partial charge in [-0.05, 0) is 58.4 Å². The summed E-state index contributed by atoms with van der Waals surface area (Å²) in [5.41, 5.74) is 9.89. The Bertz CT molecular complexity index is 1100. The standard InChI is InChI=1S/C29H26/c1-5-9-18-26-21(8-4)22(14-6-2)25(15-7-3)29(26)27-19-12-10-16-23(27)24-17-11-13-20-28(24)29/h5-20H,1,4H2,2-3H3/b14-6-,15-7-,18-9-. The second-order valence-electron chi connectivity index (χ2n) is 7.29. The summed E-state index contributed by atoms with van der Waals surface area (Å²) in [7, 11) is 0. The summed E-state index contributed by atoms with van der Waals surface area (Å²) in [5, 5.41) is 0. The van der Waals surface area contributed by atoms with Crippen LogP contribution in [0.15, 0.2) is 133 Å². The molecule has 142 valence electrons. The van der Waals surface area contributed by atoms with E-state index in [1.54, 1.807) is 0 Å². The van der Waals surface area contributed by atoms with Crippen LogP contribution in [0.25, 0.3) is 11.1 Å². The smallest absolute Gasteiger partial charge is 0.0725 e. The first kappa shape index (κ1) is 19.0. The molecule has 29 heavy (non-hydrogen) atoms. The molecule has 0 amide bonds. The Labute approximate surface area is 174 Å². The number of benzene rings is 2. The monoisotopic (exact) mass is 374 g/mol. The molecule has 4 rings (SSSR count). The Morgan fingerprint density at radius 1 is 0.690 bits per heavy atom. The first-order valence-electron chi connectivity index (χ1n) is 10.1. The predicted octanol–water partition coefficient (Wildman–Crippen LogP) is 7.64. The van der Waals surface area contributed by atoms with Crippen molar-refractivity contribution in [2.45, 2.75) is 19.3 Å². The summed E-state index contributed by atoms with van der Waals surface area (Å²) in [5.74, 6) is 0. The van der Waals surface area contributed by atoms with Gasteiger partial charge in [-0.1, -0.05) is 110 Å². The van der Waals surface area contributed by atoms with E-state index >= 15 is 0 Å². The first-order valence-corrected chi connectivity index (χ1v) is 10.1. The van der Waals surface area contributed by atoms with Crippen LogP contribution in [-0.4, -0.2) is 0 Å². The van der Waals surface area contributed by atoms with Gasteiger partial charge in [0, 0.05) is 0 Å². The zero-order valence-corrected chi connectivity index (χ0v) is 17.2. The normalized spacial score (nSPS) is 17.2. The van der Waals surface area contributed by atoms with Crippen LogP contribution >= 0.6 is 0 Å². The average molecular weight is 375 g/mol. The summed E-state index contributed by atoms with van der Waals surface area (Å²) in [4.78, 5) is 0.